The van der Waals surface area contributed by atoms with Gasteiger partial charge in [0.05, 0.1) is 23.2 Å². The number of ether oxygens (including phenoxy) is 1. The molecular weight excluding hydrogens is 270 g/mol. The summed E-state index contributed by atoms with van der Waals surface area (Å²) in [4.78, 5) is 0.975. The molecule has 96 valence electrons. The van der Waals surface area contributed by atoms with Gasteiger partial charge in [-0.15, -0.1) is 11.8 Å². The standard InChI is InChI=1S/C12H14ClN3OS/c1-16-12(14)8(6-15-16)7-4-9(13)11(17-2)10(5-7)18-3/h4-6H,14H2,1-3H3. The Morgan fingerprint density at radius 3 is 2.67 bits per heavy atom. The van der Waals surface area contributed by atoms with Crippen LogP contribution in [0.2, 0.25) is 5.02 Å². The highest BCUT2D eigenvalue weighted by atomic mass is 35.5. The zero-order valence-corrected chi connectivity index (χ0v) is 12.0. The number of hydrogen-bond donors (Lipinski definition) is 1. The molecule has 0 unspecified atom stereocenters. The second-order valence-electron chi connectivity index (χ2n) is 3.76. The van der Waals surface area contributed by atoms with Gasteiger partial charge in [0.25, 0.3) is 0 Å². The summed E-state index contributed by atoms with van der Waals surface area (Å²) in [5, 5.41) is 4.70. The van der Waals surface area contributed by atoms with E-state index in [1.165, 1.54) is 0 Å². The van der Waals surface area contributed by atoms with E-state index in [2.05, 4.69) is 5.10 Å². The molecule has 6 heteroatoms. The molecule has 0 aliphatic rings. The molecule has 4 nitrogen and oxygen atoms in total. The van der Waals surface area contributed by atoms with Gasteiger partial charge in [-0.05, 0) is 24.0 Å². The van der Waals surface area contributed by atoms with Crippen molar-refractivity contribution >= 4 is 29.2 Å². The Morgan fingerprint density at radius 1 is 1.44 bits per heavy atom. The van der Waals surface area contributed by atoms with Gasteiger partial charge in [-0.3, -0.25) is 4.68 Å². The highest BCUT2D eigenvalue weighted by Crippen LogP contribution is 2.39. The minimum absolute atomic E-state index is 0.572. The molecule has 18 heavy (non-hydrogen) atoms. The molecule has 2 rings (SSSR count). The Bertz CT molecular complexity index is 583. The Labute approximate surface area is 115 Å². The molecule has 0 fully saturated rings. The SMILES string of the molecule is COc1c(Cl)cc(-c2cnn(C)c2N)cc1SC. The van der Waals surface area contributed by atoms with Gasteiger partial charge in [-0.25, -0.2) is 0 Å². The fourth-order valence-corrected chi connectivity index (χ4v) is 2.72. The maximum absolute atomic E-state index is 6.22. The van der Waals surface area contributed by atoms with E-state index in [1.807, 2.05) is 18.4 Å². The van der Waals surface area contributed by atoms with Crippen LogP contribution in [0.3, 0.4) is 0 Å². The molecule has 0 bridgehead atoms. The maximum Gasteiger partial charge on any atom is 0.151 e. The molecule has 0 radical (unpaired) electrons. The van der Waals surface area contributed by atoms with Gasteiger partial charge < -0.3 is 10.5 Å². The quantitative estimate of drug-likeness (QED) is 0.880. The fraction of sp³-hybridized carbons (Fsp3) is 0.250. The molecule has 0 amide bonds. The van der Waals surface area contributed by atoms with Crippen molar-refractivity contribution in [3.8, 4) is 16.9 Å². The summed E-state index contributed by atoms with van der Waals surface area (Å²) >= 11 is 7.79. The zero-order chi connectivity index (χ0) is 13.3. The number of nitrogens with zero attached hydrogens (tertiary/aromatic N) is 2. The van der Waals surface area contributed by atoms with Crippen molar-refractivity contribution in [2.45, 2.75) is 4.90 Å². The number of thioether (sulfide) groups is 1. The molecule has 0 spiro atoms. The first-order chi connectivity index (χ1) is 8.58. The topological polar surface area (TPSA) is 53.1 Å². The van der Waals surface area contributed by atoms with Crippen LogP contribution in [0.15, 0.2) is 23.2 Å². The monoisotopic (exact) mass is 283 g/mol. The fourth-order valence-electron chi connectivity index (χ4n) is 1.74. The Kier molecular flexibility index (Phi) is 3.73. The van der Waals surface area contributed by atoms with E-state index < -0.39 is 0 Å². The summed E-state index contributed by atoms with van der Waals surface area (Å²) in [6, 6.07) is 3.84. The molecule has 0 saturated carbocycles. The largest absolute Gasteiger partial charge is 0.494 e. The Balaban J connectivity index is 2.59. The third kappa shape index (κ3) is 2.15. The van der Waals surface area contributed by atoms with Gasteiger partial charge >= 0.3 is 0 Å². The molecule has 1 heterocycles. The number of nitrogens with two attached hydrogens (primary N) is 1. The predicted molar refractivity (Wildman–Crippen MR) is 76.4 cm³/mol. The Morgan fingerprint density at radius 2 is 2.17 bits per heavy atom. The number of anilines is 1. The molecule has 2 aromatic rings. The third-order valence-corrected chi connectivity index (χ3v) is 3.75. The van der Waals surface area contributed by atoms with Gasteiger partial charge in [0.1, 0.15) is 5.82 Å². The molecule has 1 aromatic heterocycles. The van der Waals surface area contributed by atoms with Crippen LogP contribution in [0.25, 0.3) is 11.1 Å². The summed E-state index contributed by atoms with van der Waals surface area (Å²) in [6.45, 7) is 0. The van der Waals surface area contributed by atoms with E-state index in [1.54, 1.807) is 36.8 Å². The van der Waals surface area contributed by atoms with Crippen LogP contribution >= 0.6 is 23.4 Å². The second-order valence-corrected chi connectivity index (χ2v) is 5.02. The molecule has 0 saturated heterocycles. The minimum Gasteiger partial charge on any atom is -0.494 e. The molecule has 1 aromatic carbocycles. The lowest BCUT2D eigenvalue weighted by Crippen LogP contribution is -1.98. The van der Waals surface area contributed by atoms with E-state index in [9.17, 15) is 0 Å². The van der Waals surface area contributed by atoms with Gasteiger partial charge in [0.15, 0.2) is 5.75 Å². The number of aromatic nitrogens is 2. The molecule has 0 aliphatic carbocycles. The smallest absolute Gasteiger partial charge is 0.151 e. The van der Waals surface area contributed by atoms with E-state index in [0.29, 0.717) is 16.6 Å². The van der Waals surface area contributed by atoms with Crippen LogP contribution in [0.1, 0.15) is 0 Å². The number of benzene rings is 1. The number of rotatable bonds is 3. The van der Waals surface area contributed by atoms with Crippen molar-refractivity contribution in [2.75, 3.05) is 19.1 Å². The average Bonchev–Trinajstić information content (AvgIpc) is 2.69. The van der Waals surface area contributed by atoms with E-state index in [4.69, 9.17) is 22.1 Å². The van der Waals surface area contributed by atoms with Crippen molar-refractivity contribution in [1.29, 1.82) is 0 Å². The first kappa shape index (κ1) is 13.1. The first-order valence-electron chi connectivity index (χ1n) is 5.27. The number of methoxy groups -OCH3 is 1. The molecule has 0 atom stereocenters. The first-order valence-corrected chi connectivity index (χ1v) is 6.88. The van der Waals surface area contributed by atoms with E-state index in [-0.39, 0.29) is 0 Å². The molecule has 0 aliphatic heterocycles. The van der Waals surface area contributed by atoms with E-state index in [0.717, 1.165) is 16.0 Å². The van der Waals surface area contributed by atoms with Crippen LogP contribution in [-0.2, 0) is 7.05 Å². The summed E-state index contributed by atoms with van der Waals surface area (Å²) < 4.78 is 6.92. The average molecular weight is 284 g/mol. The third-order valence-electron chi connectivity index (χ3n) is 2.73. The lowest BCUT2D eigenvalue weighted by atomic mass is 10.1. The van der Waals surface area contributed by atoms with Crippen LogP contribution in [0.4, 0.5) is 5.82 Å². The summed E-state index contributed by atoms with van der Waals surface area (Å²) in [7, 11) is 3.42. The summed E-state index contributed by atoms with van der Waals surface area (Å²) in [6.07, 6.45) is 3.71. The number of aryl methyl sites for hydroxylation is 1. The predicted octanol–water partition coefficient (Wildman–Crippen LogP) is 3.05. The van der Waals surface area contributed by atoms with Gasteiger partial charge in [0, 0.05) is 12.6 Å². The van der Waals surface area contributed by atoms with Crippen LogP contribution in [-0.4, -0.2) is 23.1 Å². The van der Waals surface area contributed by atoms with Crippen molar-refractivity contribution in [1.82, 2.24) is 9.78 Å². The Hall–Kier alpha value is -1.33. The van der Waals surface area contributed by atoms with Crippen molar-refractivity contribution in [2.24, 2.45) is 7.05 Å². The summed E-state index contributed by atoms with van der Waals surface area (Å²) in [5.41, 5.74) is 7.78. The number of nitrogen functional groups attached to an aromatic ring is 1. The van der Waals surface area contributed by atoms with Crippen LogP contribution in [0.5, 0.6) is 5.75 Å². The highest BCUT2D eigenvalue weighted by molar-refractivity contribution is 7.98. The van der Waals surface area contributed by atoms with Gasteiger partial charge in [-0.2, -0.15) is 5.10 Å². The summed E-state index contributed by atoms with van der Waals surface area (Å²) in [5.74, 6) is 1.30. The van der Waals surface area contributed by atoms with Gasteiger partial charge in [0.2, 0.25) is 0 Å². The van der Waals surface area contributed by atoms with Crippen LogP contribution < -0.4 is 10.5 Å². The second kappa shape index (κ2) is 5.12. The van der Waals surface area contributed by atoms with Gasteiger partial charge in [-0.1, -0.05) is 11.6 Å². The van der Waals surface area contributed by atoms with Crippen molar-refractivity contribution in [3.63, 3.8) is 0 Å². The van der Waals surface area contributed by atoms with Crippen molar-refractivity contribution in [3.05, 3.63) is 23.4 Å². The maximum atomic E-state index is 6.22. The zero-order valence-electron chi connectivity index (χ0n) is 10.4. The van der Waals surface area contributed by atoms with E-state index >= 15 is 0 Å². The minimum atomic E-state index is 0.572. The lowest BCUT2D eigenvalue weighted by molar-refractivity contribution is 0.405. The molecular formula is C12H14ClN3OS. The number of halogens is 1. The lowest BCUT2D eigenvalue weighted by Gasteiger charge is -2.11. The van der Waals surface area contributed by atoms with Crippen molar-refractivity contribution < 1.29 is 4.74 Å². The highest BCUT2D eigenvalue weighted by Gasteiger charge is 2.14. The number of hydrogen-bond acceptors (Lipinski definition) is 4. The van der Waals surface area contributed by atoms with Crippen LogP contribution in [0, 0.1) is 0 Å². The molecule has 2 N–H and O–H groups in total. The normalized spacial score (nSPS) is 10.7.